The molecule has 0 unspecified atom stereocenters. The molecule has 1 aromatic heterocycles. The van der Waals surface area contributed by atoms with Crippen LogP contribution in [0.3, 0.4) is 0 Å². The Hall–Kier alpha value is -4.88. The molecule has 1 nitrogen and oxygen atoms in total. The Morgan fingerprint density at radius 1 is 0.487 bits per heavy atom. The molecule has 8 rings (SSSR count). The van der Waals surface area contributed by atoms with E-state index in [4.69, 9.17) is 4.42 Å². The number of hydrogen-bond donors (Lipinski definition) is 0. The first-order valence-corrected chi connectivity index (χ1v) is 13.5. The standard InChI is InChI=1S/C38H26O/c1-25-19-21-30-33-24-26(29-16-10-17-32-31-15-8-9-18-36(31)39-37(29)32)20-22-34(33)38(35(30)23-25,27-11-4-2-5-12-27)28-13-6-3-7-14-28/h2-24H,1H3. The zero-order chi connectivity index (χ0) is 26.0. The van der Waals surface area contributed by atoms with E-state index in [1.54, 1.807) is 0 Å². The Labute approximate surface area is 228 Å². The lowest BCUT2D eigenvalue weighted by atomic mass is 9.67. The van der Waals surface area contributed by atoms with Gasteiger partial charge in [-0.2, -0.15) is 0 Å². The van der Waals surface area contributed by atoms with Gasteiger partial charge in [0.1, 0.15) is 11.2 Å². The number of benzene rings is 6. The average molecular weight is 499 g/mol. The lowest BCUT2D eigenvalue weighted by Gasteiger charge is -2.34. The van der Waals surface area contributed by atoms with Gasteiger partial charge >= 0.3 is 0 Å². The maximum absolute atomic E-state index is 6.42. The van der Waals surface area contributed by atoms with Crippen molar-refractivity contribution in [1.82, 2.24) is 0 Å². The number of rotatable bonds is 3. The summed E-state index contributed by atoms with van der Waals surface area (Å²) >= 11 is 0. The molecule has 184 valence electrons. The molecular formula is C38H26O. The summed E-state index contributed by atoms with van der Waals surface area (Å²) in [7, 11) is 0. The summed E-state index contributed by atoms with van der Waals surface area (Å²) in [5.74, 6) is 0. The van der Waals surface area contributed by atoms with E-state index in [1.807, 2.05) is 6.07 Å². The topological polar surface area (TPSA) is 13.1 Å². The summed E-state index contributed by atoms with van der Waals surface area (Å²) in [4.78, 5) is 0. The molecule has 0 saturated carbocycles. The minimum absolute atomic E-state index is 0.386. The number of hydrogen-bond acceptors (Lipinski definition) is 1. The Morgan fingerprint density at radius 3 is 1.95 bits per heavy atom. The average Bonchev–Trinajstić information content (AvgIpc) is 3.51. The molecule has 1 heteroatoms. The Morgan fingerprint density at radius 2 is 1.18 bits per heavy atom. The van der Waals surface area contributed by atoms with Crippen LogP contribution in [0.4, 0.5) is 0 Å². The van der Waals surface area contributed by atoms with E-state index < -0.39 is 0 Å². The molecule has 39 heavy (non-hydrogen) atoms. The van der Waals surface area contributed by atoms with Gasteiger partial charge in [0.2, 0.25) is 0 Å². The molecule has 0 bridgehead atoms. The molecular weight excluding hydrogens is 472 g/mol. The zero-order valence-electron chi connectivity index (χ0n) is 21.7. The first-order valence-electron chi connectivity index (χ1n) is 13.5. The molecule has 6 aromatic carbocycles. The van der Waals surface area contributed by atoms with Gasteiger partial charge in [-0.05, 0) is 58.0 Å². The second kappa shape index (κ2) is 8.31. The van der Waals surface area contributed by atoms with E-state index in [9.17, 15) is 0 Å². The van der Waals surface area contributed by atoms with E-state index in [0.717, 1.165) is 27.5 Å². The summed E-state index contributed by atoms with van der Waals surface area (Å²) in [5, 5.41) is 2.31. The fraction of sp³-hybridized carbons (Fsp3) is 0.0526. The molecule has 0 saturated heterocycles. The van der Waals surface area contributed by atoms with Crippen LogP contribution in [0.1, 0.15) is 27.8 Å². The smallest absolute Gasteiger partial charge is 0.143 e. The normalized spacial score (nSPS) is 13.5. The number of furan rings is 1. The maximum atomic E-state index is 6.42. The molecule has 0 atom stereocenters. The van der Waals surface area contributed by atoms with E-state index >= 15 is 0 Å². The van der Waals surface area contributed by atoms with Gasteiger partial charge in [-0.15, -0.1) is 0 Å². The van der Waals surface area contributed by atoms with Crippen molar-refractivity contribution in [3.8, 4) is 22.3 Å². The predicted molar refractivity (Wildman–Crippen MR) is 161 cm³/mol. The second-order valence-electron chi connectivity index (χ2n) is 10.6. The third kappa shape index (κ3) is 3.08. The second-order valence-corrected chi connectivity index (χ2v) is 10.6. The Balaban J connectivity index is 1.44. The van der Waals surface area contributed by atoms with Gasteiger partial charge in [-0.1, -0.05) is 133 Å². The van der Waals surface area contributed by atoms with Gasteiger partial charge in [0, 0.05) is 16.3 Å². The van der Waals surface area contributed by atoms with Crippen LogP contribution in [-0.2, 0) is 5.41 Å². The molecule has 0 radical (unpaired) electrons. The van der Waals surface area contributed by atoms with Crippen molar-refractivity contribution in [2.24, 2.45) is 0 Å². The lowest BCUT2D eigenvalue weighted by Crippen LogP contribution is -2.28. The van der Waals surface area contributed by atoms with Crippen molar-refractivity contribution in [3.63, 3.8) is 0 Å². The Bertz CT molecular complexity index is 1970. The summed E-state index contributed by atoms with van der Waals surface area (Å²) < 4.78 is 6.42. The molecule has 0 aliphatic heterocycles. The van der Waals surface area contributed by atoms with Gasteiger partial charge in [-0.25, -0.2) is 0 Å². The van der Waals surface area contributed by atoms with Crippen LogP contribution in [0, 0.1) is 6.92 Å². The summed E-state index contributed by atoms with van der Waals surface area (Å²) in [5.41, 5.74) is 12.8. The molecule has 1 aliphatic carbocycles. The maximum Gasteiger partial charge on any atom is 0.143 e. The van der Waals surface area contributed by atoms with E-state index in [-0.39, 0.29) is 5.41 Å². The quantitative estimate of drug-likeness (QED) is 0.236. The monoisotopic (exact) mass is 498 g/mol. The largest absolute Gasteiger partial charge is 0.455 e. The molecule has 1 heterocycles. The minimum Gasteiger partial charge on any atom is -0.455 e. The summed E-state index contributed by atoms with van der Waals surface area (Å²) in [6.45, 7) is 2.19. The fourth-order valence-corrected chi connectivity index (χ4v) is 6.75. The molecule has 0 amide bonds. The van der Waals surface area contributed by atoms with Gasteiger partial charge in [0.15, 0.2) is 0 Å². The van der Waals surface area contributed by atoms with Gasteiger partial charge in [0.25, 0.3) is 0 Å². The van der Waals surface area contributed by atoms with Crippen molar-refractivity contribution in [2.75, 3.05) is 0 Å². The first-order chi connectivity index (χ1) is 19.2. The molecule has 1 aliphatic rings. The van der Waals surface area contributed by atoms with Crippen LogP contribution in [0.2, 0.25) is 0 Å². The predicted octanol–water partition coefficient (Wildman–Crippen LogP) is 9.92. The van der Waals surface area contributed by atoms with Crippen LogP contribution in [0.15, 0.2) is 144 Å². The highest BCUT2D eigenvalue weighted by Gasteiger charge is 2.46. The highest BCUT2D eigenvalue weighted by atomic mass is 16.3. The minimum atomic E-state index is -0.386. The van der Waals surface area contributed by atoms with Gasteiger partial charge < -0.3 is 4.42 Å². The number of aryl methyl sites for hydroxylation is 1. The van der Waals surface area contributed by atoms with Crippen molar-refractivity contribution < 1.29 is 4.42 Å². The number of para-hydroxylation sites is 2. The third-order valence-electron chi connectivity index (χ3n) is 8.42. The van der Waals surface area contributed by atoms with Crippen LogP contribution < -0.4 is 0 Å². The molecule has 7 aromatic rings. The van der Waals surface area contributed by atoms with Crippen molar-refractivity contribution in [1.29, 1.82) is 0 Å². The summed E-state index contributed by atoms with van der Waals surface area (Å²) in [6.07, 6.45) is 0. The molecule has 0 spiro atoms. The third-order valence-corrected chi connectivity index (χ3v) is 8.42. The Kier molecular flexibility index (Phi) is 4.72. The first kappa shape index (κ1) is 22.1. The van der Waals surface area contributed by atoms with Gasteiger partial charge in [0.05, 0.1) is 5.41 Å². The fourth-order valence-electron chi connectivity index (χ4n) is 6.75. The SMILES string of the molecule is Cc1ccc2c(c1)C(c1ccccc1)(c1ccccc1)c1ccc(-c3cccc4c3oc3ccccc34)cc1-2. The highest BCUT2D eigenvalue weighted by Crippen LogP contribution is 2.57. The van der Waals surface area contributed by atoms with Crippen LogP contribution in [0.25, 0.3) is 44.2 Å². The van der Waals surface area contributed by atoms with E-state index in [2.05, 4.69) is 140 Å². The van der Waals surface area contributed by atoms with Crippen molar-refractivity contribution in [2.45, 2.75) is 12.3 Å². The highest BCUT2D eigenvalue weighted by molar-refractivity contribution is 6.09. The molecule has 0 N–H and O–H groups in total. The van der Waals surface area contributed by atoms with Crippen molar-refractivity contribution >= 4 is 21.9 Å². The van der Waals surface area contributed by atoms with Crippen LogP contribution >= 0.6 is 0 Å². The number of fused-ring (bicyclic) bond motifs is 6. The zero-order valence-corrected chi connectivity index (χ0v) is 21.7. The van der Waals surface area contributed by atoms with Crippen molar-refractivity contribution in [3.05, 3.63) is 167 Å². The van der Waals surface area contributed by atoms with Gasteiger partial charge in [-0.3, -0.25) is 0 Å². The van der Waals surface area contributed by atoms with E-state index in [1.165, 1.54) is 44.5 Å². The lowest BCUT2D eigenvalue weighted by molar-refractivity contribution is 0.670. The van der Waals surface area contributed by atoms with Crippen LogP contribution in [-0.4, -0.2) is 0 Å². The summed E-state index contributed by atoms with van der Waals surface area (Å²) in [6, 6.07) is 50.6. The molecule has 0 fully saturated rings. The van der Waals surface area contributed by atoms with Crippen LogP contribution in [0.5, 0.6) is 0 Å². The van der Waals surface area contributed by atoms with E-state index in [0.29, 0.717) is 0 Å².